The lowest BCUT2D eigenvalue weighted by Crippen LogP contribution is -2.54. The lowest BCUT2D eigenvalue weighted by Gasteiger charge is -2.39. The Morgan fingerprint density at radius 2 is 2.00 bits per heavy atom. The molecule has 0 unspecified atom stereocenters. The predicted octanol–water partition coefficient (Wildman–Crippen LogP) is 2.51. The molecule has 98 valence electrons. The van der Waals surface area contributed by atoms with Crippen molar-refractivity contribution in [2.45, 2.75) is 12.6 Å². The quantitative estimate of drug-likeness (QED) is 0.830. The molecule has 2 nitrogen and oxygen atoms in total. The summed E-state index contributed by atoms with van der Waals surface area (Å²) < 4.78 is 38.0. The average Bonchev–Trinajstić information content (AvgIpc) is 2.73. The topological polar surface area (TPSA) is 15.3 Å². The van der Waals surface area contributed by atoms with E-state index < -0.39 is 11.7 Å². The summed E-state index contributed by atoms with van der Waals surface area (Å²) >= 11 is 0. The molecule has 0 aromatic heterocycles. The standard InChI is InChI=1S/C13H15F3N2/c14-13(15,16)10-2-1-3-11(6-10)18-5-4-12(9-18)7-17-8-12/h1-3,6,17H,4-5,7-9H2. The Morgan fingerprint density at radius 1 is 1.22 bits per heavy atom. The fraction of sp³-hybridized carbons (Fsp3) is 0.538. The van der Waals surface area contributed by atoms with Crippen LogP contribution < -0.4 is 10.2 Å². The normalized spacial score (nSPS) is 22.3. The molecule has 5 heteroatoms. The largest absolute Gasteiger partial charge is 0.416 e. The van der Waals surface area contributed by atoms with Crippen LogP contribution >= 0.6 is 0 Å². The molecule has 3 rings (SSSR count). The van der Waals surface area contributed by atoms with Gasteiger partial charge in [-0.25, -0.2) is 0 Å². The van der Waals surface area contributed by atoms with Crippen molar-refractivity contribution in [1.82, 2.24) is 5.32 Å². The SMILES string of the molecule is FC(F)(F)c1cccc(N2CCC3(CNC3)C2)c1. The van der Waals surface area contributed by atoms with Crippen molar-refractivity contribution in [1.29, 1.82) is 0 Å². The van der Waals surface area contributed by atoms with Gasteiger partial charge in [0.2, 0.25) is 0 Å². The number of nitrogens with one attached hydrogen (secondary N) is 1. The second kappa shape index (κ2) is 3.88. The molecule has 0 saturated carbocycles. The van der Waals surface area contributed by atoms with Gasteiger partial charge in [-0.2, -0.15) is 13.2 Å². The Morgan fingerprint density at radius 3 is 2.56 bits per heavy atom. The summed E-state index contributed by atoms with van der Waals surface area (Å²) in [5, 5.41) is 3.24. The highest BCUT2D eigenvalue weighted by Gasteiger charge is 2.43. The van der Waals surface area contributed by atoms with Gasteiger partial charge < -0.3 is 10.2 Å². The van der Waals surface area contributed by atoms with E-state index in [-0.39, 0.29) is 0 Å². The van der Waals surface area contributed by atoms with Gasteiger partial charge in [-0.3, -0.25) is 0 Å². The van der Waals surface area contributed by atoms with Crippen molar-refractivity contribution in [2.24, 2.45) is 5.41 Å². The van der Waals surface area contributed by atoms with Crippen molar-refractivity contribution in [3.8, 4) is 0 Å². The molecule has 2 saturated heterocycles. The molecule has 0 bridgehead atoms. The van der Waals surface area contributed by atoms with Crippen LogP contribution in [0.2, 0.25) is 0 Å². The first-order valence-electron chi connectivity index (χ1n) is 6.12. The zero-order chi connectivity index (χ0) is 12.8. The van der Waals surface area contributed by atoms with E-state index >= 15 is 0 Å². The lowest BCUT2D eigenvalue weighted by molar-refractivity contribution is -0.137. The predicted molar refractivity (Wildman–Crippen MR) is 63.6 cm³/mol. The van der Waals surface area contributed by atoms with E-state index in [4.69, 9.17) is 0 Å². The monoisotopic (exact) mass is 256 g/mol. The molecule has 2 fully saturated rings. The van der Waals surface area contributed by atoms with Gasteiger partial charge in [-0.1, -0.05) is 6.07 Å². The molecule has 1 N–H and O–H groups in total. The summed E-state index contributed by atoms with van der Waals surface area (Å²) in [6.07, 6.45) is -3.19. The minimum atomic E-state index is -4.26. The van der Waals surface area contributed by atoms with E-state index in [1.54, 1.807) is 6.07 Å². The minimum absolute atomic E-state index is 0.300. The number of benzene rings is 1. The van der Waals surface area contributed by atoms with E-state index in [1.165, 1.54) is 12.1 Å². The van der Waals surface area contributed by atoms with Gasteiger partial charge >= 0.3 is 6.18 Å². The summed E-state index contributed by atoms with van der Waals surface area (Å²) in [5.41, 5.74) is 0.426. The summed E-state index contributed by atoms with van der Waals surface area (Å²) in [6.45, 7) is 3.69. The Balaban J connectivity index is 1.81. The highest BCUT2D eigenvalue weighted by atomic mass is 19.4. The molecular formula is C13H15F3N2. The summed E-state index contributed by atoms with van der Waals surface area (Å²) in [7, 11) is 0. The molecule has 1 aromatic carbocycles. The fourth-order valence-electron chi connectivity index (χ4n) is 2.80. The summed E-state index contributed by atoms with van der Waals surface area (Å²) in [6, 6.07) is 5.63. The number of halogens is 3. The first-order chi connectivity index (χ1) is 8.49. The third-order valence-corrected chi connectivity index (χ3v) is 3.98. The third-order valence-electron chi connectivity index (χ3n) is 3.98. The smallest absolute Gasteiger partial charge is 0.371 e. The second-order valence-corrected chi connectivity index (χ2v) is 5.32. The molecule has 18 heavy (non-hydrogen) atoms. The number of alkyl halides is 3. The van der Waals surface area contributed by atoms with Crippen LogP contribution in [0.3, 0.4) is 0 Å². The van der Waals surface area contributed by atoms with Gasteiger partial charge in [0.05, 0.1) is 5.56 Å². The van der Waals surface area contributed by atoms with Gasteiger partial charge in [-0.05, 0) is 24.6 Å². The number of nitrogens with zero attached hydrogens (tertiary/aromatic N) is 1. The Labute approximate surface area is 104 Å². The summed E-state index contributed by atoms with van der Waals surface area (Å²) in [4.78, 5) is 2.07. The van der Waals surface area contributed by atoms with E-state index in [1.807, 2.05) is 0 Å². The van der Waals surface area contributed by atoms with Gasteiger partial charge in [0, 0.05) is 37.3 Å². The Bertz CT molecular complexity index is 452. The van der Waals surface area contributed by atoms with Crippen molar-refractivity contribution < 1.29 is 13.2 Å². The number of hydrogen-bond acceptors (Lipinski definition) is 2. The zero-order valence-corrected chi connectivity index (χ0v) is 9.93. The molecule has 0 radical (unpaired) electrons. The van der Waals surface area contributed by atoms with Crippen LogP contribution in [0.4, 0.5) is 18.9 Å². The third kappa shape index (κ3) is 1.96. The molecule has 0 aliphatic carbocycles. The molecule has 2 heterocycles. The maximum absolute atomic E-state index is 12.7. The molecule has 0 atom stereocenters. The highest BCUT2D eigenvalue weighted by Crippen LogP contribution is 2.38. The molecule has 1 aromatic rings. The van der Waals surface area contributed by atoms with Crippen LogP contribution in [0.25, 0.3) is 0 Å². The first kappa shape index (κ1) is 11.8. The molecule has 2 aliphatic rings. The maximum atomic E-state index is 12.7. The van der Waals surface area contributed by atoms with E-state index in [9.17, 15) is 13.2 Å². The molecule has 2 aliphatic heterocycles. The van der Waals surface area contributed by atoms with Crippen LogP contribution in [0.1, 0.15) is 12.0 Å². The zero-order valence-electron chi connectivity index (χ0n) is 9.93. The summed E-state index contributed by atoms with van der Waals surface area (Å²) in [5.74, 6) is 0. The number of hydrogen-bond donors (Lipinski definition) is 1. The second-order valence-electron chi connectivity index (χ2n) is 5.32. The number of rotatable bonds is 1. The van der Waals surface area contributed by atoms with Crippen molar-refractivity contribution in [3.05, 3.63) is 29.8 Å². The van der Waals surface area contributed by atoms with Crippen molar-refractivity contribution in [3.63, 3.8) is 0 Å². The van der Waals surface area contributed by atoms with Gasteiger partial charge in [0.25, 0.3) is 0 Å². The van der Waals surface area contributed by atoms with Gasteiger partial charge in [0.15, 0.2) is 0 Å². The van der Waals surface area contributed by atoms with Crippen LogP contribution in [0, 0.1) is 5.41 Å². The molecular weight excluding hydrogens is 241 g/mol. The Hall–Kier alpha value is -1.23. The van der Waals surface area contributed by atoms with Gasteiger partial charge in [0.1, 0.15) is 0 Å². The van der Waals surface area contributed by atoms with Crippen LogP contribution in [0.5, 0.6) is 0 Å². The Kier molecular flexibility index (Phi) is 2.55. The van der Waals surface area contributed by atoms with E-state index in [2.05, 4.69) is 10.2 Å². The van der Waals surface area contributed by atoms with Crippen molar-refractivity contribution in [2.75, 3.05) is 31.1 Å². The van der Waals surface area contributed by atoms with Gasteiger partial charge in [-0.15, -0.1) is 0 Å². The first-order valence-corrected chi connectivity index (χ1v) is 6.12. The van der Waals surface area contributed by atoms with Crippen LogP contribution in [0.15, 0.2) is 24.3 Å². The highest BCUT2D eigenvalue weighted by molar-refractivity contribution is 5.50. The van der Waals surface area contributed by atoms with E-state index in [0.717, 1.165) is 38.7 Å². The molecule has 0 amide bonds. The van der Waals surface area contributed by atoms with Crippen LogP contribution in [-0.4, -0.2) is 26.2 Å². The average molecular weight is 256 g/mol. The van der Waals surface area contributed by atoms with Crippen molar-refractivity contribution >= 4 is 5.69 Å². The lowest BCUT2D eigenvalue weighted by atomic mass is 9.81. The van der Waals surface area contributed by atoms with E-state index in [0.29, 0.717) is 11.1 Å². The van der Waals surface area contributed by atoms with Crippen LogP contribution in [-0.2, 0) is 6.18 Å². The minimum Gasteiger partial charge on any atom is -0.371 e. The molecule has 1 spiro atoms. The number of anilines is 1. The maximum Gasteiger partial charge on any atom is 0.416 e. The fourth-order valence-corrected chi connectivity index (χ4v) is 2.80.